The fraction of sp³-hybridized carbons (Fsp3) is 0.561. The number of carbonyl (C=O) groups is 9. The Kier molecular flexibility index (Phi) is 22.5. The third-order valence-corrected chi connectivity index (χ3v) is 9.88. The number of amides is 9. The Hall–Kier alpha value is -6.66. The Morgan fingerprint density at radius 2 is 1.20 bits per heavy atom. The number of unbranched alkanes of at least 4 members (excludes halogenated alkanes) is 2. The minimum Gasteiger partial charge on any atom is -0.497 e. The predicted molar refractivity (Wildman–Crippen MR) is 237 cm³/mol. The number of benzene rings is 1. The molecule has 24 heteroatoms. The van der Waals surface area contributed by atoms with Crippen molar-refractivity contribution >= 4 is 69.8 Å². The summed E-state index contributed by atoms with van der Waals surface area (Å²) in [6.45, 7) is 6.28. The average molecular weight is 917 g/mol. The van der Waals surface area contributed by atoms with Gasteiger partial charge in [0.1, 0.15) is 47.6 Å². The van der Waals surface area contributed by atoms with Crippen molar-refractivity contribution in [1.29, 1.82) is 0 Å². The molecule has 1 aromatic carbocycles. The number of ether oxygens (including phenoxy) is 1. The first-order chi connectivity index (χ1) is 30.6. The van der Waals surface area contributed by atoms with Crippen molar-refractivity contribution in [3.05, 3.63) is 34.7 Å². The number of carbonyl (C=O) groups excluding carboxylic acids is 9. The normalized spacial score (nSPS) is 14.2. The van der Waals surface area contributed by atoms with E-state index in [1.165, 1.54) is 59.9 Å². The highest BCUT2D eigenvalue weighted by Crippen LogP contribution is 2.30. The summed E-state index contributed by atoms with van der Waals surface area (Å²) in [4.78, 5) is 131. The van der Waals surface area contributed by atoms with Crippen LogP contribution >= 0.6 is 0 Å². The van der Waals surface area contributed by atoms with Crippen LogP contribution in [0.25, 0.3) is 11.0 Å². The summed E-state index contributed by atoms with van der Waals surface area (Å²) >= 11 is 0. The summed E-state index contributed by atoms with van der Waals surface area (Å²) in [5, 5.41) is 17.4. The Balaban J connectivity index is 2.19. The number of nitrogens with zero attached hydrogens (tertiary/aromatic N) is 1. The zero-order valence-corrected chi connectivity index (χ0v) is 37.6. The Morgan fingerprint density at radius 1 is 0.662 bits per heavy atom. The van der Waals surface area contributed by atoms with Crippen molar-refractivity contribution in [3.8, 4) is 5.75 Å². The highest BCUT2D eigenvalue weighted by molar-refractivity contribution is 6.09. The Bertz CT molecular complexity index is 2080. The van der Waals surface area contributed by atoms with Gasteiger partial charge in [-0.05, 0) is 98.4 Å². The molecule has 2 rings (SSSR count). The lowest BCUT2D eigenvalue weighted by atomic mass is 10.0. The van der Waals surface area contributed by atoms with Crippen molar-refractivity contribution in [1.82, 2.24) is 37.2 Å². The van der Waals surface area contributed by atoms with Gasteiger partial charge in [0.2, 0.25) is 53.2 Å². The molecule has 15 N–H and O–H groups in total. The highest BCUT2D eigenvalue weighted by atomic mass is 16.5. The quantitative estimate of drug-likeness (QED) is 0.0304. The molecule has 0 saturated carbocycles. The van der Waals surface area contributed by atoms with E-state index in [1.807, 2.05) is 0 Å². The number of methoxy groups -OCH3 is 1. The van der Waals surface area contributed by atoms with Gasteiger partial charge in [0, 0.05) is 17.5 Å². The van der Waals surface area contributed by atoms with Crippen LogP contribution in [0, 0.1) is 0 Å². The van der Waals surface area contributed by atoms with Crippen LogP contribution in [-0.4, -0.2) is 129 Å². The van der Waals surface area contributed by atoms with Gasteiger partial charge in [-0.3, -0.25) is 48.1 Å². The van der Waals surface area contributed by atoms with E-state index in [4.69, 9.17) is 32.1 Å². The maximum absolute atomic E-state index is 14.6. The number of primary amides is 1. The van der Waals surface area contributed by atoms with E-state index in [9.17, 15) is 47.9 Å². The van der Waals surface area contributed by atoms with Crippen molar-refractivity contribution < 1.29 is 52.3 Å². The van der Waals surface area contributed by atoms with Gasteiger partial charge in [-0.2, -0.15) is 0 Å². The number of rotatable bonds is 27. The van der Waals surface area contributed by atoms with Gasteiger partial charge in [-0.15, -0.1) is 0 Å². The van der Waals surface area contributed by atoms with Crippen LogP contribution < -0.4 is 75.4 Å². The van der Waals surface area contributed by atoms with E-state index in [1.54, 1.807) is 0 Å². The van der Waals surface area contributed by atoms with Gasteiger partial charge in [-0.25, -0.2) is 4.79 Å². The van der Waals surface area contributed by atoms with E-state index in [0.717, 1.165) is 11.0 Å². The summed E-state index contributed by atoms with van der Waals surface area (Å²) in [5.74, 6) is -6.58. The number of hydrogen-bond acceptors (Lipinski definition) is 15. The van der Waals surface area contributed by atoms with E-state index in [2.05, 4.69) is 37.2 Å². The van der Waals surface area contributed by atoms with Crippen LogP contribution in [0.1, 0.15) is 73.1 Å². The molecule has 0 radical (unpaired) electrons. The van der Waals surface area contributed by atoms with Crippen LogP contribution in [0.4, 0.5) is 5.69 Å². The minimum absolute atomic E-state index is 0.00173. The first kappa shape index (κ1) is 54.5. The predicted octanol–water partition coefficient (Wildman–Crippen LogP) is -3.67. The molecule has 0 spiro atoms. The van der Waals surface area contributed by atoms with E-state index in [-0.39, 0.29) is 36.0 Å². The first-order valence-corrected chi connectivity index (χ1v) is 21.1. The summed E-state index contributed by atoms with van der Waals surface area (Å²) in [6, 6.07) is -2.81. The monoisotopic (exact) mass is 916 g/mol. The minimum atomic E-state index is -1.39. The molecule has 1 heterocycles. The maximum atomic E-state index is 14.6. The zero-order valence-electron chi connectivity index (χ0n) is 37.6. The molecule has 0 aliphatic heterocycles. The topological polar surface area (TPSA) is 385 Å². The molecular weight excluding hydrogens is 853 g/mol. The number of anilines is 1. The number of fused-ring (bicyclic) bond motifs is 1. The lowest BCUT2D eigenvalue weighted by molar-refractivity contribution is -0.133. The van der Waals surface area contributed by atoms with Gasteiger partial charge < -0.3 is 69.3 Å². The molecule has 0 unspecified atom stereocenters. The molecule has 0 aliphatic carbocycles. The summed E-state index contributed by atoms with van der Waals surface area (Å²) in [6.07, 6.45) is 2.13. The van der Waals surface area contributed by atoms with Crippen molar-refractivity contribution in [2.45, 2.75) is 115 Å². The Labute approximate surface area is 375 Å². The molecular formula is C41H64N12O12. The second kappa shape index (κ2) is 26.8. The smallest absolute Gasteiger partial charge is 0.338 e. The standard InChI is InChI=1S/C41H64N12O12/c1-21(44)35(57)51-28(11-7-9-15-42)40(62)50-22(2)36(58)47-20-33(55)48-23(3)37(59)49-24(4)38(60)52-29(12-8-10-16-43)41(63)53(25(5)39(61)46-19-32(45)54)30-18-34(56)65-31-17-26(64-6)13-14-27(30)31/h13-14,17-18,21-25,28-29H,7-12,15-16,19-20,42-44H2,1-6H3,(H2,45,54)(H,46,61)(H,47,58)(H,48,55)(H,49,59)(H,50,62)(H,51,57)(H,52,60)/t21-,22-,23-,24-,25-,28-,29-/m0/s1. The molecule has 0 saturated heterocycles. The van der Waals surface area contributed by atoms with Gasteiger partial charge >= 0.3 is 5.63 Å². The maximum Gasteiger partial charge on any atom is 0.338 e. The van der Waals surface area contributed by atoms with Gasteiger partial charge in [0.25, 0.3) is 0 Å². The number of nitrogens with one attached hydrogen (secondary N) is 7. The van der Waals surface area contributed by atoms with E-state index in [0.29, 0.717) is 38.0 Å². The molecule has 0 bridgehead atoms. The molecule has 9 amide bonds. The average Bonchev–Trinajstić information content (AvgIpc) is 3.25. The van der Waals surface area contributed by atoms with E-state index >= 15 is 0 Å². The summed E-state index contributed by atoms with van der Waals surface area (Å²) in [5.41, 5.74) is 21.2. The third-order valence-electron chi connectivity index (χ3n) is 9.88. The SMILES string of the molecule is COc1ccc2c(N(C(=O)[C@H](CCCCN)NC(=O)[C@H](C)NC(=O)[C@H](C)NC(=O)CNC(=O)[C@H](C)NC(=O)[C@H](CCCCN)NC(=O)[C@H](C)N)[C@@H](C)C(=O)NCC(N)=O)cc(=O)oc2c1. The molecule has 7 atom stereocenters. The van der Waals surface area contributed by atoms with Crippen LogP contribution in [0.15, 0.2) is 33.5 Å². The van der Waals surface area contributed by atoms with Crippen LogP contribution in [-0.2, 0) is 43.2 Å². The largest absolute Gasteiger partial charge is 0.497 e. The fourth-order valence-corrected chi connectivity index (χ4v) is 6.15. The van der Waals surface area contributed by atoms with Crippen molar-refractivity contribution in [3.63, 3.8) is 0 Å². The molecule has 65 heavy (non-hydrogen) atoms. The molecule has 2 aromatic rings. The molecule has 0 aliphatic rings. The zero-order chi connectivity index (χ0) is 49.0. The lowest BCUT2D eigenvalue weighted by Crippen LogP contribution is -2.58. The molecule has 360 valence electrons. The van der Waals surface area contributed by atoms with Crippen LogP contribution in [0.2, 0.25) is 0 Å². The van der Waals surface area contributed by atoms with E-state index < -0.39 is 114 Å². The third kappa shape index (κ3) is 17.4. The number of hydrogen-bond donors (Lipinski definition) is 11. The molecule has 1 aromatic heterocycles. The second-order valence-electron chi connectivity index (χ2n) is 15.3. The molecule has 0 fully saturated rings. The highest BCUT2D eigenvalue weighted by Gasteiger charge is 2.36. The summed E-state index contributed by atoms with van der Waals surface area (Å²) < 4.78 is 10.6. The fourth-order valence-electron chi connectivity index (χ4n) is 6.15. The van der Waals surface area contributed by atoms with Crippen molar-refractivity contribution in [2.24, 2.45) is 22.9 Å². The number of nitrogens with two attached hydrogens (primary N) is 4. The Morgan fingerprint density at radius 3 is 1.78 bits per heavy atom. The van der Waals surface area contributed by atoms with Gasteiger partial charge in [0.05, 0.1) is 31.9 Å². The molecule has 24 nitrogen and oxygen atoms in total. The van der Waals surface area contributed by atoms with Crippen LogP contribution in [0.5, 0.6) is 5.75 Å². The van der Waals surface area contributed by atoms with Crippen LogP contribution in [0.3, 0.4) is 0 Å². The van der Waals surface area contributed by atoms with Gasteiger partial charge in [-0.1, -0.05) is 0 Å². The first-order valence-electron chi connectivity index (χ1n) is 21.1. The summed E-state index contributed by atoms with van der Waals surface area (Å²) in [7, 11) is 1.40. The van der Waals surface area contributed by atoms with Crippen molar-refractivity contribution in [2.75, 3.05) is 38.2 Å². The second-order valence-corrected chi connectivity index (χ2v) is 15.3. The lowest BCUT2D eigenvalue weighted by Gasteiger charge is -2.33. The van der Waals surface area contributed by atoms with Gasteiger partial charge in [0.15, 0.2) is 0 Å².